The second-order valence-corrected chi connectivity index (χ2v) is 11.6. The van der Waals surface area contributed by atoms with E-state index in [2.05, 4.69) is 25.3 Å². The molecule has 206 valence electrons. The van der Waals surface area contributed by atoms with E-state index < -0.39 is 0 Å². The fraction of sp³-hybridized carbons (Fsp3) is 0.800. The summed E-state index contributed by atoms with van der Waals surface area (Å²) in [5.41, 5.74) is 10.8. The van der Waals surface area contributed by atoms with E-state index in [0.717, 1.165) is 30.8 Å². The van der Waals surface area contributed by atoms with Crippen molar-refractivity contribution in [2.45, 2.75) is 135 Å². The molecule has 0 amide bonds. The van der Waals surface area contributed by atoms with Gasteiger partial charge in [-0.3, -0.25) is 0 Å². The minimum Gasteiger partial charge on any atom is -0.461 e. The first-order valence-electron chi connectivity index (χ1n) is 14.7. The number of unbranched alkanes of at least 4 members (excludes halogenated alkanes) is 13. The predicted molar refractivity (Wildman–Crippen MR) is 153 cm³/mol. The molecule has 6 heteroatoms. The van der Waals surface area contributed by atoms with E-state index in [9.17, 15) is 4.79 Å². The number of esters is 1. The molecule has 1 unspecified atom stereocenters. The largest absolute Gasteiger partial charge is 0.461 e. The molecule has 5 nitrogen and oxygen atoms in total. The lowest BCUT2D eigenvalue weighted by molar-refractivity contribution is -0.703. The topological polar surface area (TPSA) is 65.4 Å². The molecule has 0 spiro atoms. The van der Waals surface area contributed by atoms with Gasteiger partial charge in [0.05, 0.1) is 19.0 Å². The molecule has 0 saturated carbocycles. The van der Waals surface area contributed by atoms with Gasteiger partial charge >= 0.3 is 11.7 Å². The van der Waals surface area contributed by atoms with Crippen LogP contribution in [0.15, 0.2) is 0 Å². The number of carbonyl (C=O) groups is 1. The van der Waals surface area contributed by atoms with Gasteiger partial charge in [-0.15, -0.1) is 11.8 Å². The van der Waals surface area contributed by atoms with E-state index in [1.807, 2.05) is 11.8 Å². The Balaban J connectivity index is 1.69. The van der Waals surface area contributed by atoms with Gasteiger partial charge in [0.15, 0.2) is 5.69 Å². The van der Waals surface area contributed by atoms with Crippen LogP contribution in [0.1, 0.15) is 143 Å². The van der Waals surface area contributed by atoms with Crippen molar-refractivity contribution >= 4 is 23.4 Å². The van der Waals surface area contributed by atoms with Crippen LogP contribution in [0.5, 0.6) is 0 Å². The third-order valence-electron chi connectivity index (χ3n) is 7.57. The Labute approximate surface area is 225 Å². The molecule has 2 N–H and O–H groups in total. The van der Waals surface area contributed by atoms with Crippen molar-refractivity contribution in [1.82, 2.24) is 0 Å². The Morgan fingerprint density at radius 3 is 1.92 bits per heavy atom. The van der Waals surface area contributed by atoms with Crippen molar-refractivity contribution in [2.75, 3.05) is 25.2 Å². The van der Waals surface area contributed by atoms with Crippen LogP contribution >= 0.6 is 11.8 Å². The molecule has 0 bridgehead atoms. The number of hydrogen-bond donors (Lipinski definition) is 1. The monoisotopic (exact) mass is 521 g/mol. The van der Waals surface area contributed by atoms with Gasteiger partial charge in [0.2, 0.25) is 0 Å². The summed E-state index contributed by atoms with van der Waals surface area (Å²) in [6.07, 6.45) is 20.1. The maximum Gasteiger partial charge on any atom is 0.405 e. The number of thioether (sulfide) groups is 1. The zero-order valence-electron chi connectivity index (χ0n) is 23.7. The van der Waals surface area contributed by atoms with E-state index in [4.69, 9.17) is 15.2 Å². The molecule has 0 radical (unpaired) electrons. The number of hydrogen-bond acceptors (Lipinski definition) is 5. The molecule has 0 aliphatic carbocycles. The zero-order chi connectivity index (χ0) is 26.2. The van der Waals surface area contributed by atoms with Crippen molar-refractivity contribution in [3.63, 3.8) is 0 Å². The van der Waals surface area contributed by atoms with Crippen molar-refractivity contribution < 1.29 is 18.8 Å². The number of methoxy groups -OCH3 is 1. The second kappa shape index (κ2) is 18.1. The second-order valence-electron chi connectivity index (χ2n) is 10.3. The number of aromatic nitrogens is 1. The summed E-state index contributed by atoms with van der Waals surface area (Å²) in [4.78, 5) is 12.6. The summed E-state index contributed by atoms with van der Waals surface area (Å²) >= 11 is 1.94. The van der Waals surface area contributed by atoms with Crippen LogP contribution < -0.4 is 10.3 Å². The first-order valence-corrected chi connectivity index (χ1v) is 15.7. The summed E-state index contributed by atoms with van der Waals surface area (Å²) in [5, 5.41) is 0.415. The highest BCUT2D eigenvalue weighted by Crippen LogP contribution is 2.43. The van der Waals surface area contributed by atoms with Crippen molar-refractivity contribution in [1.29, 1.82) is 0 Å². The van der Waals surface area contributed by atoms with Crippen LogP contribution in [0.3, 0.4) is 0 Å². The molecule has 0 aromatic carbocycles. The molecule has 1 saturated heterocycles. The molecule has 1 aromatic heterocycles. The van der Waals surface area contributed by atoms with Crippen LogP contribution in [-0.2, 0) is 22.6 Å². The number of ether oxygens (including phenoxy) is 2. The fourth-order valence-electron chi connectivity index (χ4n) is 5.24. The highest BCUT2D eigenvalue weighted by atomic mass is 32.2. The number of nitrogens with zero attached hydrogens (tertiary/aromatic N) is 1. The van der Waals surface area contributed by atoms with Crippen LogP contribution in [0.25, 0.3) is 0 Å². The lowest BCUT2D eigenvalue weighted by Crippen LogP contribution is -2.47. The minimum atomic E-state index is -0.367. The van der Waals surface area contributed by atoms with E-state index in [1.165, 1.54) is 102 Å². The van der Waals surface area contributed by atoms with E-state index in [1.54, 1.807) is 0 Å². The molecule has 1 aliphatic heterocycles. The van der Waals surface area contributed by atoms with Crippen LogP contribution in [0.2, 0.25) is 0 Å². The molecule has 1 aromatic rings. The third-order valence-corrected chi connectivity index (χ3v) is 8.90. The highest BCUT2D eigenvalue weighted by Gasteiger charge is 2.38. The third kappa shape index (κ3) is 9.55. The van der Waals surface area contributed by atoms with Crippen molar-refractivity contribution in [3.05, 3.63) is 22.5 Å². The first-order chi connectivity index (χ1) is 17.6. The smallest absolute Gasteiger partial charge is 0.405 e. The van der Waals surface area contributed by atoms with Gasteiger partial charge in [-0.05, 0) is 32.4 Å². The van der Waals surface area contributed by atoms with Gasteiger partial charge in [-0.1, -0.05) is 90.4 Å². The maximum absolute atomic E-state index is 12.6. The summed E-state index contributed by atoms with van der Waals surface area (Å²) in [5.74, 6) is 0.796. The SMILES string of the molecule is CCCCCCCCCCCCCCCCOCc1c(C)c(C2CCS2)[n+](CC)c(C(=O)OC)c1N. The number of nitrogens with two attached hydrogens (primary N) is 1. The lowest BCUT2D eigenvalue weighted by atomic mass is 9.99. The molecule has 2 heterocycles. The van der Waals surface area contributed by atoms with Gasteiger partial charge < -0.3 is 15.2 Å². The van der Waals surface area contributed by atoms with Gasteiger partial charge in [-0.2, -0.15) is 4.57 Å². The number of anilines is 1. The summed E-state index contributed by atoms with van der Waals surface area (Å²) in [6, 6.07) is 0. The fourth-order valence-corrected chi connectivity index (χ4v) is 6.17. The number of carbonyl (C=O) groups excluding carboxylic acids is 1. The zero-order valence-corrected chi connectivity index (χ0v) is 24.5. The predicted octanol–water partition coefficient (Wildman–Crippen LogP) is 7.85. The first kappa shape index (κ1) is 31.0. The lowest BCUT2D eigenvalue weighted by Gasteiger charge is -2.26. The summed E-state index contributed by atoms with van der Waals surface area (Å²) < 4.78 is 13.2. The molecule has 1 atom stereocenters. The van der Waals surface area contributed by atoms with Crippen molar-refractivity contribution in [3.8, 4) is 0 Å². The maximum atomic E-state index is 12.6. The molecule has 1 aliphatic rings. The minimum absolute atomic E-state index is 0.367. The number of nitrogen functional groups attached to an aromatic ring is 1. The Hall–Kier alpha value is -1.27. The molecule has 36 heavy (non-hydrogen) atoms. The van der Waals surface area contributed by atoms with Gasteiger partial charge in [0, 0.05) is 17.7 Å². The summed E-state index contributed by atoms with van der Waals surface area (Å²) in [6.45, 7) is 8.35. The van der Waals surface area contributed by atoms with E-state index >= 15 is 0 Å². The normalized spacial score (nSPS) is 15.2. The molecule has 1 fully saturated rings. The van der Waals surface area contributed by atoms with Crippen molar-refractivity contribution in [2.24, 2.45) is 0 Å². The Bertz CT molecular complexity index is 780. The standard InChI is InChI=1S/C30H52N2O3S/c1-5-7-8-9-10-11-12-13-14-15-16-17-18-19-21-35-23-25-24(3)28(26-20-22-36-26)32(6-2)29(27(25)31)30(33)34-4/h26H,5-23H2,1-4H3,(H-,31,33)/p+1. The molecular weight excluding hydrogens is 468 g/mol. The van der Waals surface area contributed by atoms with E-state index in [0.29, 0.717) is 29.8 Å². The van der Waals surface area contributed by atoms with E-state index in [-0.39, 0.29) is 5.97 Å². The molecule has 2 rings (SSSR count). The van der Waals surface area contributed by atoms with Crippen LogP contribution in [0, 0.1) is 6.92 Å². The van der Waals surface area contributed by atoms with Gasteiger partial charge in [-0.25, -0.2) is 4.79 Å². The average molecular weight is 522 g/mol. The highest BCUT2D eigenvalue weighted by molar-refractivity contribution is 8.00. The Kier molecular flexibility index (Phi) is 15.5. The summed E-state index contributed by atoms with van der Waals surface area (Å²) in [7, 11) is 1.42. The number of pyridine rings is 1. The van der Waals surface area contributed by atoms with Gasteiger partial charge in [0.25, 0.3) is 0 Å². The molecular formula is C30H53N2O3S+. The van der Waals surface area contributed by atoms with Crippen LogP contribution in [-0.4, -0.2) is 25.4 Å². The number of rotatable bonds is 20. The quantitative estimate of drug-likeness (QED) is 0.107. The Morgan fingerprint density at radius 2 is 1.47 bits per heavy atom. The van der Waals surface area contributed by atoms with Crippen LogP contribution in [0.4, 0.5) is 5.69 Å². The Morgan fingerprint density at radius 1 is 0.944 bits per heavy atom. The average Bonchev–Trinajstić information content (AvgIpc) is 2.85. The van der Waals surface area contributed by atoms with Gasteiger partial charge in [0.1, 0.15) is 12.2 Å².